The molecule has 0 aliphatic heterocycles. The highest BCUT2D eigenvalue weighted by Crippen LogP contribution is 2.18. The Morgan fingerprint density at radius 1 is 1.41 bits per heavy atom. The first-order chi connectivity index (χ1) is 8.35. The van der Waals surface area contributed by atoms with Gasteiger partial charge in [-0.15, -0.1) is 0 Å². The van der Waals surface area contributed by atoms with Crippen LogP contribution in [0.4, 0.5) is 0 Å². The van der Waals surface area contributed by atoms with Gasteiger partial charge in [0.1, 0.15) is 5.69 Å². The minimum atomic E-state index is 0.597. The van der Waals surface area contributed by atoms with E-state index in [-0.39, 0.29) is 0 Å². The number of hydrogen-bond acceptors (Lipinski definition) is 3. The number of carbonyl (C=O) groups excluding carboxylic acids is 1. The van der Waals surface area contributed by atoms with Crippen LogP contribution in [0, 0.1) is 0 Å². The molecule has 2 rings (SSSR count). The zero-order valence-electron chi connectivity index (χ0n) is 9.84. The number of rotatable bonds is 5. The fourth-order valence-electron chi connectivity index (χ4n) is 1.66. The number of unbranched alkanes of at least 4 members (excludes halogenated alkanes) is 1. The third kappa shape index (κ3) is 2.58. The maximum atomic E-state index is 11.0. The second-order valence-corrected chi connectivity index (χ2v) is 3.88. The van der Waals surface area contributed by atoms with E-state index in [2.05, 4.69) is 17.0 Å². The monoisotopic (exact) mass is 229 g/mol. The smallest absolute Gasteiger partial charge is 0.153 e. The van der Waals surface area contributed by atoms with Crippen molar-refractivity contribution in [3.63, 3.8) is 0 Å². The summed E-state index contributed by atoms with van der Waals surface area (Å²) in [5.74, 6) is 0. The summed E-state index contributed by atoms with van der Waals surface area (Å²) in [6.45, 7) is 2.97. The van der Waals surface area contributed by atoms with Crippen molar-refractivity contribution in [3.8, 4) is 11.4 Å². The van der Waals surface area contributed by atoms with Gasteiger partial charge >= 0.3 is 0 Å². The van der Waals surface area contributed by atoms with Crippen LogP contribution in [0.15, 0.2) is 30.6 Å². The molecule has 0 saturated heterocycles. The molecule has 0 aromatic carbocycles. The van der Waals surface area contributed by atoms with Gasteiger partial charge in [0, 0.05) is 18.9 Å². The Kier molecular flexibility index (Phi) is 3.65. The number of hydrogen-bond donors (Lipinski definition) is 0. The van der Waals surface area contributed by atoms with Crippen LogP contribution in [-0.4, -0.2) is 21.1 Å². The molecule has 0 unspecified atom stereocenters. The highest BCUT2D eigenvalue weighted by atomic mass is 16.1. The molecule has 0 atom stereocenters. The number of aryl methyl sites for hydroxylation is 1. The lowest BCUT2D eigenvalue weighted by Gasteiger charge is -1.98. The molecule has 0 spiro atoms. The molecule has 2 heterocycles. The lowest BCUT2D eigenvalue weighted by atomic mass is 10.2. The summed E-state index contributed by atoms with van der Waals surface area (Å²) in [4.78, 5) is 15.2. The number of pyridine rings is 1. The molecule has 0 radical (unpaired) electrons. The van der Waals surface area contributed by atoms with Gasteiger partial charge in [-0.1, -0.05) is 19.4 Å². The Hall–Kier alpha value is -1.97. The van der Waals surface area contributed by atoms with Crippen molar-refractivity contribution in [1.82, 2.24) is 14.8 Å². The van der Waals surface area contributed by atoms with Gasteiger partial charge in [-0.25, -0.2) is 0 Å². The average Bonchev–Trinajstić information content (AvgIpc) is 2.80. The zero-order valence-corrected chi connectivity index (χ0v) is 9.84. The van der Waals surface area contributed by atoms with Gasteiger partial charge < -0.3 is 0 Å². The number of aromatic nitrogens is 3. The molecule has 4 nitrogen and oxygen atoms in total. The maximum absolute atomic E-state index is 11.0. The number of aldehydes is 1. The summed E-state index contributed by atoms with van der Waals surface area (Å²) >= 11 is 0. The van der Waals surface area contributed by atoms with Crippen LogP contribution in [0.5, 0.6) is 0 Å². The van der Waals surface area contributed by atoms with Crippen LogP contribution >= 0.6 is 0 Å². The van der Waals surface area contributed by atoms with Crippen molar-refractivity contribution in [2.24, 2.45) is 0 Å². The third-order valence-corrected chi connectivity index (χ3v) is 2.57. The fourth-order valence-corrected chi connectivity index (χ4v) is 1.66. The van der Waals surface area contributed by atoms with Crippen molar-refractivity contribution in [2.45, 2.75) is 26.3 Å². The van der Waals surface area contributed by atoms with E-state index in [9.17, 15) is 4.79 Å². The predicted molar refractivity (Wildman–Crippen MR) is 65.8 cm³/mol. The molecule has 0 aliphatic rings. The van der Waals surface area contributed by atoms with E-state index in [0.29, 0.717) is 11.3 Å². The van der Waals surface area contributed by atoms with Crippen LogP contribution in [-0.2, 0) is 6.54 Å². The van der Waals surface area contributed by atoms with Crippen LogP contribution < -0.4 is 0 Å². The van der Waals surface area contributed by atoms with Crippen molar-refractivity contribution in [2.75, 3.05) is 0 Å². The molecule has 2 aromatic rings. The molecular weight excluding hydrogens is 214 g/mol. The van der Waals surface area contributed by atoms with Crippen LogP contribution in [0.3, 0.4) is 0 Å². The molecule has 0 N–H and O–H groups in total. The summed E-state index contributed by atoms with van der Waals surface area (Å²) in [7, 11) is 0. The fraction of sp³-hybridized carbons (Fsp3) is 0.308. The largest absolute Gasteiger partial charge is 0.298 e. The average molecular weight is 229 g/mol. The topological polar surface area (TPSA) is 47.8 Å². The summed E-state index contributed by atoms with van der Waals surface area (Å²) < 4.78 is 1.82. The molecule has 4 heteroatoms. The van der Waals surface area contributed by atoms with Gasteiger partial charge in [-0.05, 0) is 18.6 Å². The van der Waals surface area contributed by atoms with E-state index in [1.54, 1.807) is 12.4 Å². The second-order valence-electron chi connectivity index (χ2n) is 3.88. The maximum Gasteiger partial charge on any atom is 0.153 e. The summed E-state index contributed by atoms with van der Waals surface area (Å²) in [5, 5.41) is 4.41. The standard InChI is InChI=1S/C13H15N3O/c1-2-3-8-16-9-11(10-17)13(15-16)12-6-4-5-7-14-12/h4-7,9-10H,2-3,8H2,1H3. The van der Waals surface area contributed by atoms with E-state index in [4.69, 9.17) is 0 Å². The van der Waals surface area contributed by atoms with Crippen molar-refractivity contribution in [3.05, 3.63) is 36.2 Å². The van der Waals surface area contributed by atoms with Gasteiger partial charge in [-0.3, -0.25) is 14.5 Å². The Bertz CT molecular complexity index is 491. The van der Waals surface area contributed by atoms with Gasteiger partial charge in [0.25, 0.3) is 0 Å². The van der Waals surface area contributed by atoms with E-state index in [1.807, 2.05) is 22.9 Å². The lowest BCUT2D eigenvalue weighted by Crippen LogP contribution is -1.98. The third-order valence-electron chi connectivity index (χ3n) is 2.57. The molecule has 0 bridgehead atoms. The van der Waals surface area contributed by atoms with Crippen LogP contribution in [0.2, 0.25) is 0 Å². The molecule has 0 fully saturated rings. The molecule has 0 saturated carbocycles. The van der Waals surface area contributed by atoms with E-state index in [0.717, 1.165) is 31.4 Å². The predicted octanol–water partition coefficient (Wildman–Crippen LogP) is 2.56. The van der Waals surface area contributed by atoms with Gasteiger partial charge in [0.05, 0.1) is 11.3 Å². The lowest BCUT2D eigenvalue weighted by molar-refractivity contribution is 0.112. The first-order valence-electron chi connectivity index (χ1n) is 5.79. The summed E-state index contributed by atoms with van der Waals surface area (Å²) in [6, 6.07) is 5.60. The second kappa shape index (κ2) is 5.39. The van der Waals surface area contributed by atoms with Crippen molar-refractivity contribution < 1.29 is 4.79 Å². The highest BCUT2D eigenvalue weighted by Gasteiger charge is 2.10. The summed E-state index contributed by atoms with van der Waals surface area (Å²) in [5.41, 5.74) is 2.00. The molecule has 0 aliphatic carbocycles. The van der Waals surface area contributed by atoms with E-state index < -0.39 is 0 Å². The molecule has 88 valence electrons. The van der Waals surface area contributed by atoms with Crippen molar-refractivity contribution >= 4 is 6.29 Å². The first kappa shape index (κ1) is 11.5. The quantitative estimate of drug-likeness (QED) is 0.740. The normalized spacial score (nSPS) is 10.4. The Morgan fingerprint density at radius 2 is 2.29 bits per heavy atom. The Labute approximate surface area is 100 Å². The van der Waals surface area contributed by atoms with E-state index >= 15 is 0 Å². The van der Waals surface area contributed by atoms with Gasteiger partial charge in [0.2, 0.25) is 0 Å². The van der Waals surface area contributed by atoms with Crippen LogP contribution in [0.1, 0.15) is 30.1 Å². The van der Waals surface area contributed by atoms with Crippen molar-refractivity contribution in [1.29, 1.82) is 0 Å². The van der Waals surface area contributed by atoms with Gasteiger partial charge in [-0.2, -0.15) is 5.10 Å². The molecule has 2 aromatic heterocycles. The number of nitrogens with zero attached hydrogens (tertiary/aromatic N) is 3. The Morgan fingerprint density at radius 3 is 2.94 bits per heavy atom. The minimum Gasteiger partial charge on any atom is -0.298 e. The number of carbonyl (C=O) groups is 1. The minimum absolute atomic E-state index is 0.597. The SMILES string of the molecule is CCCCn1cc(C=O)c(-c2ccccn2)n1. The molecule has 17 heavy (non-hydrogen) atoms. The zero-order chi connectivity index (χ0) is 12.1. The van der Waals surface area contributed by atoms with Gasteiger partial charge in [0.15, 0.2) is 6.29 Å². The first-order valence-corrected chi connectivity index (χ1v) is 5.79. The highest BCUT2D eigenvalue weighted by molar-refractivity contribution is 5.84. The molecule has 0 amide bonds. The molecular formula is C13H15N3O. The van der Waals surface area contributed by atoms with Crippen LogP contribution in [0.25, 0.3) is 11.4 Å². The van der Waals surface area contributed by atoms with E-state index in [1.165, 1.54) is 0 Å². The Balaban J connectivity index is 2.33. The summed E-state index contributed by atoms with van der Waals surface area (Å²) in [6.07, 6.45) is 6.48.